The van der Waals surface area contributed by atoms with Crippen LogP contribution in [0.15, 0.2) is 72.9 Å². The van der Waals surface area contributed by atoms with Crippen LogP contribution in [0.4, 0.5) is 22.0 Å². The Kier molecular flexibility index (Phi) is 9.15. The van der Waals surface area contributed by atoms with Crippen LogP contribution in [0.1, 0.15) is 39.0 Å². The van der Waals surface area contributed by atoms with Crippen molar-refractivity contribution in [1.29, 1.82) is 0 Å². The number of amides is 3. The Bertz CT molecular complexity index is 1820. The van der Waals surface area contributed by atoms with E-state index >= 15 is 0 Å². The van der Waals surface area contributed by atoms with Crippen LogP contribution in [0, 0.1) is 6.92 Å². The van der Waals surface area contributed by atoms with E-state index in [0.29, 0.717) is 43.2 Å². The van der Waals surface area contributed by atoms with E-state index in [0.717, 1.165) is 39.4 Å². The summed E-state index contributed by atoms with van der Waals surface area (Å²) in [5.41, 5.74) is 5.77. The lowest BCUT2D eigenvalue weighted by atomic mass is 10.0. The van der Waals surface area contributed by atoms with Gasteiger partial charge in [0.2, 0.25) is 0 Å². The van der Waals surface area contributed by atoms with Gasteiger partial charge in [-0.1, -0.05) is 42.5 Å². The third kappa shape index (κ3) is 6.79. The molecule has 0 unspecified atom stereocenters. The molecule has 0 aliphatic carbocycles. The largest absolute Gasteiger partial charge is 0.508 e. The van der Waals surface area contributed by atoms with E-state index in [1.807, 2.05) is 81.5 Å². The second-order valence-electron chi connectivity index (χ2n) is 12.2. The molecule has 0 saturated carbocycles. The Hall–Kier alpha value is -4.94. The van der Waals surface area contributed by atoms with Gasteiger partial charge in [0.25, 0.3) is 5.91 Å². The summed E-state index contributed by atoms with van der Waals surface area (Å²) in [4.78, 5) is 33.5. The number of thiocarbonyl (C=S) groups is 1. The Morgan fingerprint density at radius 3 is 2.70 bits per heavy atom. The Morgan fingerprint density at radius 1 is 1.13 bits per heavy atom. The number of anilines is 3. The first-order valence-electron chi connectivity index (χ1n) is 15.5. The predicted molar refractivity (Wildman–Crippen MR) is 185 cm³/mol. The molecule has 3 amide bonds. The summed E-state index contributed by atoms with van der Waals surface area (Å²) in [5, 5.41) is 20.6. The molecule has 244 valence electrons. The molecule has 3 N–H and O–H groups in total. The molecule has 11 nitrogen and oxygen atoms in total. The summed E-state index contributed by atoms with van der Waals surface area (Å²) in [5.74, 6) is 0.922. The zero-order valence-electron chi connectivity index (χ0n) is 26.9. The van der Waals surface area contributed by atoms with Gasteiger partial charge in [-0.3, -0.25) is 9.48 Å². The van der Waals surface area contributed by atoms with Gasteiger partial charge >= 0.3 is 6.03 Å². The number of nitrogens with zero attached hydrogens (tertiary/aromatic N) is 5. The first-order valence-corrected chi connectivity index (χ1v) is 15.9. The number of likely N-dealkylation sites (N-methyl/N-ethyl adjacent to an activating group) is 1. The summed E-state index contributed by atoms with van der Waals surface area (Å²) < 4.78 is 7.92. The molecule has 0 radical (unpaired) electrons. The van der Waals surface area contributed by atoms with Crippen molar-refractivity contribution in [2.24, 2.45) is 7.05 Å². The van der Waals surface area contributed by atoms with Crippen molar-refractivity contribution in [3.8, 4) is 5.75 Å². The average Bonchev–Trinajstić information content (AvgIpc) is 3.59. The number of phenolic OH excluding ortho intramolecular Hbond substituents is 1. The molecule has 3 heterocycles. The number of para-hydroxylation sites is 2. The summed E-state index contributed by atoms with van der Waals surface area (Å²) in [6, 6.07) is 19.8. The first-order chi connectivity index (χ1) is 22.6. The van der Waals surface area contributed by atoms with Crippen molar-refractivity contribution in [1.82, 2.24) is 24.9 Å². The van der Waals surface area contributed by atoms with Gasteiger partial charge in [-0.15, -0.1) is 0 Å². The van der Waals surface area contributed by atoms with Gasteiger partial charge in [0, 0.05) is 51.8 Å². The van der Waals surface area contributed by atoms with Crippen LogP contribution in [-0.4, -0.2) is 74.4 Å². The number of carbonyl (C=O) groups is 2. The highest BCUT2D eigenvalue weighted by Gasteiger charge is 2.39. The van der Waals surface area contributed by atoms with E-state index in [1.165, 1.54) is 0 Å². The molecule has 1 aromatic heterocycles. The van der Waals surface area contributed by atoms with E-state index in [9.17, 15) is 14.7 Å². The quantitative estimate of drug-likeness (QED) is 0.236. The van der Waals surface area contributed by atoms with Crippen LogP contribution in [0.3, 0.4) is 0 Å². The number of rotatable bonds is 7. The van der Waals surface area contributed by atoms with Gasteiger partial charge in [-0.25, -0.2) is 4.79 Å². The van der Waals surface area contributed by atoms with Crippen molar-refractivity contribution in [2.45, 2.75) is 45.2 Å². The lowest BCUT2D eigenvalue weighted by Crippen LogP contribution is -2.48. The zero-order chi connectivity index (χ0) is 33.2. The monoisotopic (exact) mass is 653 g/mol. The fourth-order valence-corrected chi connectivity index (χ4v) is 6.35. The lowest BCUT2D eigenvalue weighted by Gasteiger charge is -2.28. The van der Waals surface area contributed by atoms with Crippen LogP contribution >= 0.6 is 12.2 Å². The maximum absolute atomic E-state index is 13.9. The molecule has 0 bridgehead atoms. The molecular weight excluding hydrogens is 614 g/mol. The van der Waals surface area contributed by atoms with E-state index in [4.69, 9.17) is 17.0 Å². The number of hydrogen-bond donors (Lipinski definition) is 3. The maximum atomic E-state index is 13.9. The number of aromatic nitrogens is 2. The number of nitrogens with one attached hydrogen (secondary N) is 2. The smallest absolute Gasteiger partial charge is 0.318 e. The fraction of sp³-hybridized carbons (Fsp3) is 0.314. The van der Waals surface area contributed by atoms with E-state index in [1.54, 1.807) is 38.9 Å². The van der Waals surface area contributed by atoms with Gasteiger partial charge in [-0.05, 0) is 60.0 Å². The topological polar surface area (TPSA) is 115 Å². The average molecular weight is 654 g/mol. The number of hydrogen-bond acceptors (Lipinski definition) is 7. The highest BCUT2D eigenvalue weighted by atomic mass is 32.1. The van der Waals surface area contributed by atoms with Gasteiger partial charge in [-0.2, -0.15) is 5.10 Å². The molecule has 47 heavy (non-hydrogen) atoms. The van der Waals surface area contributed by atoms with Crippen molar-refractivity contribution >= 4 is 46.3 Å². The Labute approximate surface area is 279 Å². The zero-order valence-corrected chi connectivity index (χ0v) is 27.8. The minimum Gasteiger partial charge on any atom is -0.508 e. The Morgan fingerprint density at radius 2 is 1.94 bits per heavy atom. The van der Waals surface area contributed by atoms with Gasteiger partial charge < -0.3 is 35.2 Å². The molecule has 12 heteroatoms. The predicted octanol–water partition coefficient (Wildman–Crippen LogP) is 5.10. The molecule has 1 saturated heterocycles. The molecular formula is C35H39N7O4S. The van der Waals surface area contributed by atoms with Crippen LogP contribution in [0.2, 0.25) is 0 Å². The Balaban J connectivity index is 1.13. The molecule has 2 atom stereocenters. The molecule has 0 spiro atoms. The number of benzene rings is 3. The maximum Gasteiger partial charge on any atom is 0.318 e. The van der Waals surface area contributed by atoms with Crippen LogP contribution in [-0.2, 0) is 31.5 Å². The summed E-state index contributed by atoms with van der Waals surface area (Å²) in [6.45, 7) is 3.33. The number of aryl methyl sites for hydroxylation is 2. The summed E-state index contributed by atoms with van der Waals surface area (Å²) in [7, 11) is 5.63. The van der Waals surface area contributed by atoms with E-state index < -0.39 is 0 Å². The van der Waals surface area contributed by atoms with Crippen molar-refractivity contribution < 1.29 is 19.4 Å². The van der Waals surface area contributed by atoms with Crippen molar-refractivity contribution in [3.05, 3.63) is 101 Å². The number of urea groups is 1. The number of ether oxygens (including phenoxy) is 1. The molecule has 1 fully saturated rings. The second kappa shape index (κ2) is 13.4. The minimum atomic E-state index is -0.290. The van der Waals surface area contributed by atoms with Crippen molar-refractivity contribution in [3.63, 3.8) is 0 Å². The number of phenols is 1. The molecule has 3 aromatic carbocycles. The summed E-state index contributed by atoms with van der Waals surface area (Å²) >= 11 is 5.70. The summed E-state index contributed by atoms with van der Waals surface area (Å²) in [6.07, 6.45) is 2.15. The van der Waals surface area contributed by atoms with Gasteiger partial charge in [0.15, 0.2) is 0 Å². The third-order valence-corrected chi connectivity index (χ3v) is 9.34. The van der Waals surface area contributed by atoms with Crippen LogP contribution in [0.5, 0.6) is 5.75 Å². The SMILES string of the molecule is Cc1cc(C(=O)N2Cc3cnn(C)c3Nc3ccccc32)ccc1CNC(=O)N1C[C@H](OCc2cccc(O)c2)C[C@H]1C(=S)N(C)C. The molecule has 6 rings (SSSR count). The first kappa shape index (κ1) is 32.0. The van der Waals surface area contributed by atoms with Crippen molar-refractivity contribution in [2.75, 3.05) is 30.9 Å². The highest BCUT2D eigenvalue weighted by Crippen LogP contribution is 2.36. The molecule has 2 aliphatic heterocycles. The van der Waals surface area contributed by atoms with Gasteiger partial charge in [0.1, 0.15) is 16.6 Å². The number of fused-ring (bicyclic) bond motifs is 2. The lowest BCUT2D eigenvalue weighted by molar-refractivity contribution is 0.0485. The number of aromatic hydroxyl groups is 1. The number of likely N-dealkylation sites (tertiary alicyclic amines) is 1. The van der Waals surface area contributed by atoms with E-state index in [2.05, 4.69) is 15.7 Å². The van der Waals surface area contributed by atoms with Gasteiger partial charge in [0.05, 0.1) is 42.9 Å². The third-order valence-electron chi connectivity index (χ3n) is 8.70. The molecule has 2 aliphatic rings. The second-order valence-corrected chi connectivity index (χ2v) is 12.6. The minimum absolute atomic E-state index is 0.122. The number of carbonyl (C=O) groups excluding carboxylic acids is 2. The fourth-order valence-electron chi connectivity index (χ4n) is 6.13. The highest BCUT2D eigenvalue weighted by molar-refractivity contribution is 7.80. The van der Waals surface area contributed by atoms with Crippen LogP contribution in [0.25, 0.3) is 0 Å². The normalized spacial score (nSPS) is 16.9. The van der Waals surface area contributed by atoms with Crippen LogP contribution < -0.4 is 15.5 Å². The molecule has 4 aromatic rings. The van der Waals surface area contributed by atoms with E-state index in [-0.39, 0.29) is 29.8 Å². The standard InChI is InChI=1S/C35H39N7O4S/c1-22-14-24(33(44)41-19-26-18-37-40(4)32(26)38-29-10-5-6-11-30(29)41)12-13-25(22)17-36-35(45)42-20-28(16-31(42)34(47)39(2)3)46-21-23-8-7-9-27(43)15-23/h5-15,18,28,31,38,43H,16-17,19-21H2,1-4H3,(H,36,45)/t28-,31+/m1/s1.